The Morgan fingerprint density at radius 3 is 2.47 bits per heavy atom. The van der Waals surface area contributed by atoms with E-state index >= 15 is 0 Å². The zero-order valence-electron chi connectivity index (χ0n) is 10.9. The van der Waals surface area contributed by atoms with Crippen LogP contribution in [-0.2, 0) is 9.53 Å². The number of hydrogen-bond acceptors (Lipinski definition) is 2. The molecule has 0 spiro atoms. The van der Waals surface area contributed by atoms with Crippen molar-refractivity contribution in [2.45, 2.75) is 33.8 Å². The van der Waals surface area contributed by atoms with Crippen LogP contribution in [0, 0.1) is 17.8 Å². The van der Waals surface area contributed by atoms with Crippen LogP contribution in [0.25, 0.3) is 0 Å². The largest absolute Gasteiger partial charge is 0.492 e. The number of ketones is 1. The maximum atomic E-state index is 12.3. The Morgan fingerprint density at radius 2 is 1.88 bits per heavy atom. The normalized spacial score (nSPS) is 27.8. The zero-order valence-corrected chi connectivity index (χ0v) is 10.9. The smallest absolute Gasteiger partial charge is 0.173 e. The van der Waals surface area contributed by atoms with E-state index < -0.39 is 0 Å². The van der Waals surface area contributed by atoms with E-state index in [0.29, 0.717) is 5.92 Å². The average Bonchev–Trinajstić information content (AvgIpc) is 2.28. The summed E-state index contributed by atoms with van der Waals surface area (Å²) in [6.07, 6.45) is 7.70. The highest BCUT2D eigenvalue weighted by Gasteiger charge is 2.35. The Bertz CT molecular complexity index is 411. The molecule has 0 aromatic rings. The molecular weight excluding hydrogens is 212 g/mol. The fraction of sp³-hybridized carbons (Fsp3) is 0.533. The second-order valence-electron chi connectivity index (χ2n) is 5.40. The zero-order chi connectivity index (χ0) is 12.6. The van der Waals surface area contributed by atoms with E-state index in [4.69, 9.17) is 4.74 Å². The Balaban J connectivity index is 2.29. The molecule has 2 rings (SSSR count). The van der Waals surface area contributed by atoms with Crippen molar-refractivity contribution in [1.82, 2.24) is 0 Å². The van der Waals surface area contributed by atoms with E-state index in [1.54, 1.807) is 6.26 Å². The minimum absolute atomic E-state index is 0.104. The van der Waals surface area contributed by atoms with E-state index in [-0.39, 0.29) is 23.7 Å². The SMILES string of the molecule is CC(C)C1=CC2C(=O)C(C(C)C)=COC2C=C1. The molecule has 0 radical (unpaired) electrons. The fourth-order valence-corrected chi connectivity index (χ4v) is 2.25. The van der Waals surface area contributed by atoms with Crippen LogP contribution in [0.4, 0.5) is 0 Å². The monoisotopic (exact) mass is 232 g/mol. The number of carbonyl (C=O) groups excluding carboxylic acids is 1. The Kier molecular flexibility index (Phi) is 3.23. The molecule has 1 aliphatic heterocycles. The van der Waals surface area contributed by atoms with E-state index in [9.17, 15) is 4.79 Å². The number of ether oxygens (including phenoxy) is 1. The molecule has 2 atom stereocenters. The topological polar surface area (TPSA) is 26.3 Å². The summed E-state index contributed by atoms with van der Waals surface area (Å²) in [4.78, 5) is 12.3. The maximum Gasteiger partial charge on any atom is 0.173 e. The van der Waals surface area contributed by atoms with E-state index in [1.165, 1.54) is 5.57 Å². The number of allylic oxidation sites excluding steroid dienone is 3. The van der Waals surface area contributed by atoms with Crippen LogP contribution in [0.2, 0.25) is 0 Å². The minimum atomic E-state index is -0.125. The second-order valence-corrected chi connectivity index (χ2v) is 5.40. The van der Waals surface area contributed by atoms with Crippen molar-refractivity contribution in [3.63, 3.8) is 0 Å². The van der Waals surface area contributed by atoms with Crippen molar-refractivity contribution in [2.75, 3.05) is 0 Å². The van der Waals surface area contributed by atoms with Crippen LogP contribution in [0.1, 0.15) is 27.7 Å². The predicted octanol–water partition coefficient (Wildman–Crippen LogP) is 3.26. The second kappa shape index (κ2) is 4.52. The molecule has 2 unspecified atom stereocenters. The van der Waals surface area contributed by atoms with Crippen molar-refractivity contribution >= 4 is 5.78 Å². The summed E-state index contributed by atoms with van der Waals surface area (Å²) in [6, 6.07) is 0. The molecule has 2 aliphatic rings. The first-order chi connectivity index (χ1) is 8.00. The third-order valence-electron chi connectivity index (χ3n) is 3.43. The summed E-state index contributed by atoms with van der Waals surface area (Å²) >= 11 is 0. The molecule has 2 heteroatoms. The van der Waals surface area contributed by atoms with Crippen LogP contribution < -0.4 is 0 Å². The number of hydrogen-bond donors (Lipinski definition) is 0. The molecule has 0 N–H and O–H groups in total. The summed E-state index contributed by atoms with van der Waals surface area (Å²) in [7, 11) is 0. The van der Waals surface area contributed by atoms with Crippen molar-refractivity contribution in [3.05, 3.63) is 35.6 Å². The highest BCUT2D eigenvalue weighted by molar-refractivity contribution is 5.99. The minimum Gasteiger partial charge on any atom is -0.492 e. The molecule has 0 saturated heterocycles. The summed E-state index contributed by atoms with van der Waals surface area (Å²) in [5.74, 6) is 0.775. The molecule has 0 bridgehead atoms. The summed E-state index contributed by atoms with van der Waals surface area (Å²) in [6.45, 7) is 8.34. The fourth-order valence-electron chi connectivity index (χ4n) is 2.25. The Morgan fingerprint density at radius 1 is 1.18 bits per heavy atom. The van der Waals surface area contributed by atoms with Crippen molar-refractivity contribution in [1.29, 1.82) is 0 Å². The van der Waals surface area contributed by atoms with Gasteiger partial charge in [-0.15, -0.1) is 0 Å². The van der Waals surface area contributed by atoms with Crippen LogP contribution in [-0.4, -0.2) is 11.9 Å². The van der Waals surface area contributed by atoms with Gasteiger partial charge in [0, 0.05) is 5.57 Å². The molecule has 0 aromatic carbocycles. The average molecular weight is 232 g/mol. The summed E-state index contributed by atoms with van der Waals surface area (Å²) < 4.78 is 5.64. The molecular formula is C15H20O2. The molecule has 2 nitrogen and oxygen atoms in total. The van der Waals surface area contributed by atoms with Gasteiger partial charge in [-0.3, -0.25) is 4.79 Å². The highest BCUT2D eigenvalue weighted by Crippen LogP contribution is 2.32. The van der Waals surface area contributed by atoms with Crippen LogP contribution in [0.15, 0.2) is 35.6 Å². The van der Waals surface area contributed by atoms with E-state index in [0.717, 1.165) is 5.57 Å². The van der Waals surface area contributed by atoms with Gasteiger partial charge < -0.3 is 4.74 Å². The van der Waals surface area contributed by atoms with E-state index in [2.05, 4.69) is 26.0 Å². The molecule has 0 amide bonds. The predicted molar refractivity (Wildman–Crippen MR) is 68.4 cm³/mol. The van der Waals surface area contributed by atoms with Gasteiger partial charge in [-0.25, -0.2) is 0 Å². The number of carbonyl (C=O) groups is 1. The first-order valence-electron chi connectivity index (χ1n) is 6.30. The van der Waals surface area contributed by atoms with Gasteiger partial charge in [0.25, 0.3) is 0 Å². The number of Topliss-reactive ketones (excluding diaryl/α,β-unsaturated/α-hetero) is 1. The molecule has 0 saturated carbocycles. The quantitative estimate of drug-likeness (QED) is 0.730. The molecule has 0 fully saturated rings. The number of rotatable bonds is 2. The summed E-state index contributed by atoms with van der Waals surface area (Å²) in [5.41, 5.74) is 2.04. The molecule has 17 heavy (non-hydrogen) atoms. The number of fused-ring (bicyclic) bond motifs is 1. The molecule has 1 aliphatic carbocycles. The van der Waals surface area contributed by atoms with Gasteiger partial charge in [0.05, 0.1) is 12.2 Å². The third kappa shape index (κ3) is 2.21. The van der Waals surface area contributed by atoms with Gasteiger partial charge >= 0.3 is 0 Å². The van der Waals surface area contributed by atoms with Crippen LogP contribution >= 0.6 is 0 Å². The van der Waals surface area contributed by atoms with Gasteiger partial charge in [-0.05, 0) is 23.5 Å². The first kappa shape index (κ1) is 12.2. The van der Waals surface area contributed by atoms with Crippen molar-refractivity contribution in [3.8, 4) is 0 Å². The maximum absolute atomic E-state index is 12.3. The summed E-state index contributed by atoms with van der Waals surface area (Å²) in [5, 5.41) is 0. The van der Waals surface area contributed by atoms with Gasteiger partial charge in [0.1, 0.15) is 6.10 Å². The Hall–Kier alpha value is -1.31. The lowest BCUT2D eigenvalue weighted by Crippen LogP contribution is -2.35. The first-order valence-corrected chi connectivity index (χ1v) is 6.30. The van der Waals surface area contributed by atoms with Gasteiger partial charge in [0.15, 0.2) is 5.78 Å². The molecule has 92 valence electrons. The lowest BCUT2D eigenvalue weighted by Gasteiger charge is -2.31. The highest BCUT2D eigenvalue weighted by atomic mass is 16.5. The van der Waals surface area contributed by atoms with Crippen LogP contribution in [0.5, 0.6) is 0 Å². The van der Waals surface area contributed by atoms with Crippen molar-refractivity contribution in [2.24, 2.45) is 17.8 Å². The van der Waals surface area contributed by atoms with Crippen LogP contribution in [0.3, 0.4) is 0 Å². The van der Waals surface area contributed by atoms with Gasteiger partial charge in [0.2, 0.25) is 0 Å². The lowest BCUT2D eigenvalue weighted by molar-refractivity contribution is -0.122. The third-order valence-corrected chi connectivity index (χ3v) is 3.43. The van der Waals surface area contributed by atoms with Gasteiger partial charge in [-0.2, -0.15) is 0 Å². The lowest BCUT2D eigenvalue weighted by atomic mass is 9.81. The standard InChI is InChI=1S/C15H20O2/c1-9(2)11-5-6-14-12(7-11)15(16)13(8-17-14)10(3)4/h5-10,12,14H,1-4H3. The van der Waals surface area contributed by atoms with Crippen molar-refractivity contribution < 1.29 is 9.53 Å². The Labute approximate surface area is 103 Å². The molecule has 1 heterocycles. The van der Waals surface area contributed by atoms with Gasteiger partial charge in [-0.1, -0.05) is 39.8 Å². The van der Waals surface area contributed by atoms with E-state index in [1.807, 2.05) is 19.9 Å². The molecule has 0 aromatic heterocycles.